The van der Waals surface area contributed by atoms with Gasteiger partial charge in [-0.05, 0) is 56.7 Å². The molecule has 32 heavy (non-hydrogen) atoms. The Morgan fingerprint density at radius 1 is 1.19 bits per heavy atom. The smallest absolute Gasteiger partial charge is 0.416 e. The first-order chi connectivity index (χ1) is 15.0. The van der Waals surface area contributed by atoms with E-state index in [1.165, 1.54) is 23.5 Å². The Bertz CT molecular complexity index is 1110. The first-order valence-corrected chi connectivity index (χ1v) is 10.6. The van der Waals surface area contributed by atoms with Gasteiger partial charge in [0.15, 0.2) is 6.61 Å². The average Bonchev–Trinajstić information content (AvgIpc) is 3.12. The van der Waals surface area contributed by atoms with Crippen molar-refractivity contribution in [1.29, 1.82) is 0 Å². The van der Waals surface area contributed by atoms with Gasteiger partial charge in [-0.2, -0.15) is 13.2 Å². The van der Waals surface area contributed by atoms with Crippen LogP contribution in [0.1, 0.15) is 34.7 Å². The van der Waals surface area contributed by atoms with Crippen LogP contribution in [0.4, 0.5) is 18.9 Å². The van der Waals surface area contributed by atoms with Crippen LogP contribution in [-0.2, 0) is 11.0 Å². The summed E-state index contributed by atoms with van der Waals surface area (Å²) in [5.74, 6) is -0.528. The number of ether oxygens (including phenoxy) is 1. The molecule has 1 atom stereocenters. The number of aryl methyl sites for hydroxylation is 2. The van der Waals surface area contributed by atoms with Crippen LogP contribution in [-0.4, -0.2) is 29.7 Å². The van der Waals surface area contributed by atoms with Crippen molar-refractivity contribution in [3.05, 3.63) is 64.2 Å². The lowest BCUT2D eigenvalue weighted by Crippen LogP contribution is -2.21. The van der Waals surface area contributed by atoms with Crippen molar-refractivity contribution >= 4 is 23.0 Å². The van der Waals surface area contributed by atoms with E-state index in [4.69, 9.17) is 9.84 Å². The molecule has 0 saturated heterocycles. The number of carboxylic acids is 1. The molecule has 1 N–H and O–H groups in total. The van der Waals surface area contributed by atoms with E-state index < -0.39 is 24.3 Å². The molecule has 3 rings (SSSR count). The summed E-state index contributed by atoms with van der Waals surface area (Å²) < 4.78 is 43.8. The fourth-order valence-electron chi connectivity index (χ4n) is 3.27. The third-order valence-electron chi connectivity index (χ3n) is 5.17. The third kappa shape index (κ3) is 5.21. The molecule has 170 valence electrons. The van der Waals surface area contributed by atoms with Crippen LogP contribution in [0.25, 0.3) is 10.6 Å². The molecule has 9 heteroatoms. The van der Waals surface area contributed by atoms with Gasteiger partial charge in [0.05, 0.1) is 22.2 Å². The maximum Gasteiger partial charge on any atom is 0.416 e. The molecule has 2 aromatic carbocycles. The highest BCUT2D eigenvalue weighted by molar-refractivity contribution is 7.15. The zero-order chi connectivity index (χ0) is 23.6. The lowest BCUT2D eigenvalue weighted by Gasteiger charge is -2.27. The molecule has 5 nitrogen and oxygen atoms in total. The number of carbonyl (C=O) groups is 1. The first kappa shape index (κ1) is 23.6. The molecular formula is C23H23F3N2O3S. The number of hydrogen-bond donors (Lipinski definition) is 1. The Balaban J connectivity index is 1.80. The predicted octanol–water partition coefficient (Wildman–Crippen LogP) is 6.11. The fraction of sp³-hybridized carbons (Fsp3) is 0.304. The molecule has 0 aliphatic heterocycles. The van der Waals surface area contributed by atoms with Crippen LogP contribution in [0, 0.1) is 13.8 Å². The third-order valence-corrected chi connectivity index (χ3v) is 6.55. The summed E-state index contributed by atoms with van der Waals surface area (Å²) in [4.78, 5) is 18.4. The van der Waals surface area contributed by atoms with E-state index in [1.807, 2.05) is 40.0 Å². The second-order valence-corrected chi connectivity index (χ2v) is 8.49. The molecule has 3 aromatic rings. The molecule has 1 aromatic heterocycles. The fourth-order valence-corrected chi connectivity index (χ4v) is 4.44. The SMILES string of the molecule is Cc1cc(N(C)C(C)c2sc(-c3ccc(C(F)(F)F)cc3)nc2C)ccc1OCC(=O)O. The maximum absolute atomic E-state index is 12.8. The highest BCUT2D eigenvalue weighted by Crippen LogP contribution is 2.37. The zero-order valence-electron chi connectivity index (χ0n) is 18.0. The van der Waals surface area contributed by atoms with Crippen molar-refractivity contribution in [2.45, 2.75) is 33.0 Å². The Kier molecular flexibility index (Phi) is 6.78. The van der Waals surface area contributed by atoms with Gasteiger partial charge in [-0.3, -0.25) is 0 Å². The zero-order valence-corrected chi connectivity index (χ0v) is 18.8. The number of anilines is 1. The van der Waals surface area contributed by atoms with Gasteiger partial charge in [-0.1, -0.05) is 12.1 Å². The number of aromatic nitrogens is 1. The second-order valence-electron chi connectivity index (χ2n) is 7.46. The van der Waals surface area contributed by atoms with Gasteiger partial charge in [0.1, 0.15) is 10.8 Å². The van der Waals surface area contributed by atoms with Gasteiger partial charge < -0.3 is 14.7 Å². The van der Waals surface area contributed by atoms with E-state index in [-0.39, 0.29) is 6.04 Å². The summed E-state index contributed by atoms with van der Waals surface area (Å²) in [6.07, 6.45) is -4.37. The van der Waals surface area contributed by atoms with Crippen molar-refractivity contribution in [1.82, 2.24) is 4.98 Å². The minimum atomic E-state index is -4.37. The number of rotatable bonds is 7. The molecule has 0 aliphatic rings. The molecule has 0 radical (unpaired) electrons. The standard InChI is InChI=1S/C23H23F3N2O3S/c1-13-11-18(9-10-19(13)31-12-20(29)30)28(4)15(3)21-14(2)27-22(32-21)16-5-7-17(8-6-16)23(24,25)26/h5-11,15H,12H2,1-4H3,(H,29,30). The number of halogens is 3. The molecule has 0 amide bonds. The molecule has 1 heterocycles. The van der Waals surface area contributed by atoms with Crippen LogP contribution in [0.3, 0.4) is 0 Å². The normalized spacial score (nSPS) is 12.5. The van der Waals surface area contributed by atoms with Gasteiger partial charge in [-0.15, -0.1) is 11.3 Å². The first-order valence-electron chi connectivity index (χ1n) is 9.80. The van der Waals surface area contributed by atoms with Gasteiger partial charge in [0.25, 0.3) is 0 Å². The monoisotopic (exact) mass is 464 g/mol. The van der Waals surface area contributed by atoms with Crippen molar-refractivity contribution < 1.29 is 27.8 Å². The minimum absolute atomic E-state index is 0.0408. The van der Waals surface area contributed by atoms with Crippen molar-refractivity contribution in [3.63, 3.8) is 0 Å². The highest BCUT2D eigenvalue weighted by atomic mass is 32.1. The Morgan fingerprint density at radius 3 is 2.41 bits per heavy atom. The Labute approximate surface area is 188 Å². The summed E-state index contributed by atoms with van der Waals surface area (Å²) in [7, 11) is 1.94. The van der Waals surface area contributed by atoms with Gasteiger partial charge in [0.2, 0.25) is 0 Å². The summed E-state index contributed by atoms with van der Waals surface area (Å²) in [6, 6.07) is 10.5. The number of thiazole rings is 1. The lowest BCUT2D eigenvalue weighted by molar-refractivity contribution is -0.139. The number of hydrogen-bond acceptors (Lipinski definition) is 5. The van der Waals surface area contributed by atoms with Gasteiger partial charge >= 0.3 is 12.1 Å². The molecule has 0 bridgehead atoms. The van der Waals surface area contributed by atoms with Crippen LogP contribution >= 0.6 is 11.3 Å². The average molecular weight is 465 g/mol. The van der Waals surface area contributed by atoms with Crippen molar-refractivity contribution in [2.75, 3.05) is 18.6 Å². The van der Waals surface area contributed by atoms with Crippen LogP contribution in [0.2, 0.25) is 0 Å². The van der Waals surface area contributed by atoms with E-state index in [0.29, 0.717) is 16.3 Å². The molecule has 0 saturated carbocycles. The predicted molar refractivity (Wildman–Crippen MR) is 118 cm³/mol. The van der Waals surface area contributed by atoms with E-state index in [2.05, 4.69) is 9.88 Å². The maximum atomic E-state index is 12.8. The quantitative estimate of drug-likeness (QED) is 0.457. The molecule has 1 unspecified atom stereocenters. The lowest BCUT2D eigenvalue weighted by atomic mass is 10.1. The summed E-state index contributed by atoms with van der Waals surface area (Å²) >= 11 is 1.45. The number of alkyl halides is 3. The molecule has 0 spiro atoms. The van der Waals surface area contributed by atoms with Crippen molar-refractivity contribution in [2.24, 2.45) is 0 Å². The Morgan fingerprint density at radius 2 is 1.84 bits per heavy atom. The molecule has 0 fully saturated rings. The van der Waals surface area contributed by atoms with E-state index >= 15 is 0 Å². The topological polar surface area (TPSA) is 62.7 Å². The summed E-state index contributed by atoms with van der Waals surface area (Å²) in [5.41, 5.74) is 2.51. The number of nitrogens with zero attached hydrogens (tertiary/aromatic N) is 2. The van der Waals surface area contributed by atoms with Crippen LogP contribution in [0.15, 0.2) is 42.5 Å². The summed E-state index contributed by atoms with van der Waals surface area (Å²) in [6.45, 7) is 5.36. The molecular weight excluding hydrogens is 441 g/mol. The number of carboxylic acid groups (broad SMARTS) is 1. The van der Waals surface area contributed by atoms with Crippen LogP contribution < -0.4 is 9.64 Å². The largest absolute Gasteiger partial charge is 0.482 e. The number of aliphatic carboxylic acids is 1. The number of benzene rings is 2. The van der Waals surface area contributed by atoms with E-state index in [0.717, 1.165) is 34.0 Å². The van der Waals surface area contributed by atoms with Gasteiger partial charge in [-0.25, -0.2) is 9.78 Å². The van der Waals surface area contributed by atoms with E-state index in [9.17, 15) is 18.0 Å². The summed E-state index contributed by atoms with van der Waals surface area (Å²) in [5, 5.41) is 9.45. The molecule has 0 aliphatic carbocycles. The second kappa shape index (κ2) is 9.20. The van der Waals surface area contributed by atoms with E-state index in [1.54, 1.807) is 6.07 Å². The van der Waals surface area contributed by atoms with Crippen molar-refractivity contribution in [3.8, 4) is 16.3 Å². The van der Waals surface area contributed by atoms with Gasteiger partial charge in [0, 0.05) is 18.3 Å². The Hall–Kier alpha value is -3.07. The minimum Gasteiger partial charge on any atom is -0.482 e. The highest BCUT2D eigenvalue weighted by Gasteiger charge is 2.30. The van der Waals surface area contributed by atoms with Crippen LogP contribution in [0.5, 0.6) is 5.75 Å².